The van der Waals surface area contributed by atoms with Crippen molar-refractivity contribution >= 4 is 16.7 Å². The van der Waals surface area contributed by atoms with Gasteiger partial charge in [-0.25, -0.2) is 4.98 Å². The second kappa shape index (κ2) is 3.23. The molecular weight excluding hydrogens is 186 g/mol. The molecule has 5 heteroatoms. The average Bonchev–Trinajstić information content (AvgIpc) is 2.70. The molecule has 0 aromatic carbocycles. The Kier molecular flexibility index (Phi) is 2.21. The van der Waals surface area contributed by atoms with Crippen LogP contribution in [0.4, 0.5) is 5.13 Å². The number of nitrogens with zero attached hydrogens (tertiary/aromatic N) is 2. The van der Waals surface area contributed by atoms with E-state index in [1.165, 1.54) is 11.5 Å². The summed E-state index contributed by atoms with van der Waals surface area (Å²) in [6.07, 6.45) is 3.07. The zero-order valence-electron chi connectivity index (χ0n) is 7.58. The Labute approximate surface area is 81.2 Å². The summed E-state index contributed by atoms with van der Waals surface area (Å²) in [7, 11) is 0. The Morgan fingerprint density at radius 2 is 2.38 bits per heavy atom. The highest BCUT2D eigenvalue weighted by Crippen LogP contribution is 2.41. The topological polar surface area (TPSA) is 58.0 Å². The van der Waals surface area contributed by atoms with E-state index in [0.717, 1.165) is 30.2 Å². The molecular formula is C8H13N3OS. The normalized spacial score (nSPS) is 18.6. The fourth-order valence-electron chi connectivity index (χ4n) is 1.38. The minimum Gasteiger partial charge on any atom is -0.396 e. The Balaban J connectivity index is 1.98. The molecule has 1 aliphatic carbocycles. The number of nitrogens with one attached hydrogen (secondary N) is 1. The van der Waals surface area contributed by atoms with E-state index < -0.39 is 0 Å². The van der Waals surface area contributed by atoms with Crippen molar-refractivity contribution in [3.05, 3.63) is 5.82 Å². The van der Waals surface area contributed by atoms with Gasteiger partial charge < -0.3 is 10.4 Å². The van der Waals surface area contributed by atoms with Gasteiger partial charge in [-0.2, -0.15) is 4.37 Å². The van der Waals surface area contributed by atoms with E-state index in [1.807, 2.05) is 6.92 Å². The third-order valence-corrected chi connectivity index (χ3v) is 3.07. The molecule has 0 atom stereocenters. The van der Waals surface area contributed by atoms with Gasteiger partial charge in [0.2, 0.25) is 5.13 Å². The van der Waals surface area contributed by atoms with Gasteiger partial charge in [-0.1, -0.05) is 0 Å². The van der Waals surface area contributed by atoms with Crippen LogP contribution in [-0.2, 0) is 0 Å². The van der Waals surface area contributed by atoms with Gasteiger partial charge in [-0.15, -0.1) is 0 Å². The third-order valence-electron chi connectivity index (χ3n) is 2.34. The molecule has 0 spiro atoms. The van der Waals surface area contributed by atoms with E-state index in [9.17, 15) is 0 Å². The van der Waals surface area contributed by atoms with Gasteiger partial charge in [0.1, 0.15) is 5.82 Å². The van der Waals surface area contributed by atoms with Crippen LogP contribution in [0.15, 0.2) is 0 Å². The van der Waals surface area contributed by atoms with E-state index in [0.29, 0.717) is 0 Å². The number of hydrogen-bond acceptors (Lipinski definition) is 5. The third kappa shape index (κ3) is 1.97. The lowest BCUT2D eigenvalue weighted by Crippen LogP contribution is -2.22. The fraction of sp³-hybridized carbons (Fsp3) is 0.750. The van der Waals surface area contributed by atoms with E-state index in [2.05, 4.69) is 14.7 Å². The van der Waals surface area contributed by atoms with Crippen LogP contribution >= 0.6 is 11.5 Å². The van der Waals surface area contributed by atoms with E-state index in [1.54, 1.807) is 0 Å². The number of aryl methyl sites for hydroxylation is 1. The Hall–Kier alpha value is -0.680. The van der Waals surface area contributed by atoms with Crippen LogP contribution in [0.5, 0.6) is 0 Å². The molecule has 0 bridgehead atoms. The van der Waals surface area contributed by atoms with Crippen LogP contribution < -0.4 is 5.32 Å². The molecule has 1 saturated carbocycles. The molecule has 0 aliphatic heterocycles. The highest BCUT2D eigenvalue weighted by Gasteiger charge is 2.42. The summed E-state index contributed by atoms with van der Waals surface area (Å²) in [4.78, 5) is 4.23. The maximum Gasteiger partial charge on any atom is 0.202 e. The maximum absolute atomic E-state index is 8.85. The Bertz CT molecular complexity index is 295. The zero-order valence-corrected chi connectivity index (χ0v) is 8.39. The summed E-state index contributed by atoms with van der Waals surface area (Å²) in [5, 5.41) is 13.1. The van der Waals surface area contributed by atoms with Crippen molar-refractivity contribution in [1.29, 1.82) is 0 Å². The molecule has 4 nitrogen and oxygen atoms in total. The second-order valence-electron chi connectivity index (χ2n) is 3.53. The number of hydrogen-bond donors (Lipinski definition) is 2. The van der Waals surface area contributed by atoms with Crippen molar-refractivity contribution < 1.29 is 5.11 Å². The van der Waals surface area contributed by atoms with E-state index >= 15 is 0 Å². The average molecular weight is 199 g/mol. The summed E-state index contributed by atoms with van der Waals surface area (Å²) in [6.45, 7) is 2.12. The molecule has 2 N–H and O–H groups in total. The standard InChI is InChI=1S/C8H13N3OS/c1-6-9-7(13-11-6)10-8(2-3-8)4-5-12/h12H,2-5H2,1H3,(H,9,10,11). The number of rotatable bonds is 4. The van der Waals surface area contributed by atoms with Gasteiger partial charge in [0.15, 0.2) is 0 Å². The van der Waals surface area contributed by atoms with Crippen molar-refractivity contribution in [2.24, 2.45) is 0 Å². The summed E-state index contributed by atoms with van der Waals surface area (Å²) in [5.41, 5.74) is 0.126. The van der Waals surface area contributed by atoms with Crippen LogP contribution in [0, 0.1) is 6.92 Å². The van der Waals surface area contributed by atoms with Crippen LogP contribution in [0.1, 0.15) is 25.1 Å². The summed E-state index contributed by atoms with van der Waals surface area (Å²) in [6, 6.07) is 0. The SMILES string of the molecule is Cc1nsc(NC2(CCO)CC2)n1. The first-order chi connectivity index (χ1) is 6.24. The summed E-state index contributed by atoms with van der Waals surface area (Å²) < 4.78 is 4.09. The molecule has 1 aromatic heterocycles. The predicted molar refractivity (Wildman–Crippen MR) is 51.9 cm³/mol. The highest BCUT2D eigenvalue weighted by molar-refractivity contribution is 7.09. The van der Waals surface area contributed by atoms with Crippen molar-refractivity contribution in [3.63, 3.8) is 0 Å². The van der Waals surface area contributed by atoms with Crippen LogP contribution in [0.25, 0.3) is 0 Å². The molecule has 1 fully saturated rings. The van der Waals surface area contributed by atoms with Gasteiger partial charge in [-0.3, -0.25) is 0 Å². The van der Waals surface area contributed by atoms with Crippen LogP contribution in [0.3, 0.4) is 0 Å². The predicted octanol–water partition coefficient (Wildman–Crippen LogP) is 1.17. The van der Waals surface area contributed by atoms with Gasteiger partial charge in [0, 0.05) is 23.7 Å². The van der Waals surface area contributed by atoms with E-state index in [-0.39, 0.29) is 12.1 Å². The van der Waals surface area contributed by atoms with Crippen molar-refractivity contribution in [3.8, 4) is 0 Å². The molecule has 0 unspecified atom stereocenters. The molecule has 0 radical (unpaired) electrons. The minimum absolute atomic E-state index is 0.126. The molecule has 0 saturated heterocycles. The van der Waals surface area contributed by atoms with Crippen molar-refractivity contribution in [2.75, 3.05) is 11.9 Å². The highest BCUT2D eigenvalue weighted by atomic mass is 32.1. The monoisotopic (exact) mass is 199 g/mol. The van der Waals surface area contributed by atoms with Gasteiger partial charge >= 0.3 is 0 Å². The lowest BCUT2D eigenvalue weighted by atomic mass is 10.2. The maximum atomic E-state index is 8.85. The van der Waals surface area contributed by atoms with E-state index in [4.69, 9.17) is 5.11 Å². The molecule has 1 heterocycles. The summed E-state index contributed by atoms with van der Waals surface area (Å²) in [5.74, 6) is 0.812. The molecule has 0 amide bonds. The molecule has 13 heavy (non-hydrogen) atoms. The lowest BCUT2D eigenvalue weighted by Gasteiger charge is -2.13. The first-order valence-corrected chi connectivity index (χ1v) is 5.21. The molecule has 2 rings (SSSR count). The van der Waals surface area contributed by atoms with Crippen LogP contribution in [-0.4, -0.2) is 26.6 Å². The summed E-state index contributed by atoms with van der Waals surface area (Å²) >= 11 is 1.39. The minimum atomic E-state index is 0.126. The van der Waals surface area contributed by atoms with Crippen LogP contribution in [0.2, 0.25) is 0 Å². The largest absolute Gasteiger partial charge is 0.396 e. The van der Waals surface area contributed by atoms with Crippen molar-refractivity contribution in [2.45, 2.75) is 31.7 Å². The molecule has 72 valence electrons. The molecule has 1 aromatic rings. The Morgan fingerprint density at radius 1 is 1.62 bits per heavy atom. The first kappa shape index (κ1) is 8.90. The molecule has 1 aliphatic rings. The number of aliphatic hydroxyl groups excluding tert-OH is 1. The fourth-order valence-corrected chi connectivity index (χ4v) is 2.07. The van der Waals surface area contributed by atoms with Gasteiger partial charge in [0.25, 0.3) is 0 Å². The lowest BCUT2D eigenvalue weighted by molar-refractivity contribution is 0.276. The number of aliphatic hydroxyl groups is 1. The smallest absolute Gasteiger partial charge is 0.202 e. The number of aromatic nitrogens is 2. The second-order valence-corrected chi connectivity index (χ2v) is 4.28. The Morgan fingerprint density at radius 3 is 2.85 bits per heavy atom. The van der Waals surface area contributed by atoms with Crippen molar-refractivity contribution in [1.82, 2.24) is 9.36 Å². The first-order valence-electron chi connectivity index (χ1n) is 4.43. The van der Waals surface area contributed by atoms with Gasteiger partial charge in [0.05, 0.1) is 0 Å². The quantitative estimate of drug-likeness (QED) is 0.764. The number of anilines is 1. The van der Waals surface area contributed by atoms with Gasteiger partial charge in [-0.05, 0) is 26.2 Å². The zero-order chi connectivity index (χ0) is 9.31.